The zero-order valence-electron chi connectivity index (χ0n) is 32.1. The molecule has 9 N–H and O–H groups in total. The van der Waals surface area contributed by atoms with Crippen LogP contribution in [-0.2, 0) is 16.9 Å². The summed E-state index contributed by atoms with van der Waals surface area (Å²) in [6.07, 6.45) is 5.46. The smallest absolute Gasteiger partial charge is 0.314 e. The minimum Gasteiger partial charge on any atom is -0.490 e. The number of halogens is 1. The van der Waals surface area contributed by atoms with Gasteiger partial charge in [-0.25, -0.2) is 9.59 Å². The highest BCUT2D eigenvalue weighted by Gasteiger charge is 2.48. The number of aliphatic hydroxyl groups excluding tert-OH is 5. The zero-order chi connectivity index (χ0) is 40.6. The van der Waals surface area contributed by atoms with Gasteiger partial charge in [-0.2, -0.15) is 0 Å². The standard InChI is InChI=1S/C41H56ClN5O9S/c42-33-13-12-29(22-27(33)26-55-41(15-16-41)32-23-43-20-14-30(32)31-8-2-3-9-36(31)56-28-10-11-28)57-21-7-1-4-17-44-39(53)45-18-5-6-19-46-40(54)47-24-34(49)37(51)38(52)35(50)25-48/h2-3,8-9,12-14,20,22-23,28,34-35,37-38,48-52H,1,4-7,10-11,15-19,21,24-26H2,(H2,44,45,53)(H2,46,47,54). The maximum absolute atomic E-state index is 12.1. The molecule has 2 fully saturated rings. The van der Waals surface area contributed by atoms with Gasteiger partial charge < -0.3 is 56.3 Å². The predicted octanol–water partition coefficient (Wildman–Crippen LogP) is 4.23. The van der Waals surface area contributed by atoms with Crippen LogP contribution in [0, 0.1) is 0 Å². The molecule has 2 saturated carbocycles. The molecule has 4 unspecified atom stereocenters. The number of benzene rings is 2. The molecular formula is C41H56ClN5O9S. The van der Waals surface area contributed by atoms with Gasteiger partial charge in [0.05, 0.1) is 31.0 Å². The van der Waals surface area contributed by atoms with E-state index in [4.69, 9.17) is 26.2 Å². The summed E-state index contributed by atoms with van der Waals surface area (Å²) < 4.78 is 12.9. The Morgan fingerprint density at radius 2 is 1.51 bits per heavy atom. The third-order valence-electron chi connectivity index (χ3n) is 9.88. The van der Waals surface area contributed by atoms with Gasteiger partial charge in [0, 0.05) is 59.6 Å². The number of pyridine rings is 1. The van der Waals surface area contributed by atoms with E-state index >= 15 is 0 Å². The highest BCUT2D eigenvalue weighted by Crippen LogP contribution is 2.53. The van der Waals surface area contributed by atoms with Crippen molar-refractivity contribution >= 4 is 35.4 Å². The van der Waals surface area contributed by atoms with E-state index in [-0.39, 0.29) is 12.6 Å². The number of amides is 4. The highest BCUT2D eigenvalue weighted by atomic mass is 35.5. The Morgan fingerprint density at radius 1 is 0.842 bits per heavy atom. The number of para-hydroxylation sites is 1. The summed E-state index contributed by atoms with van der Waals surface area (Å²) in [5, 5.41) is 58.7. The summed E-state index contributed by atoms with van der Waals surface area (Å²) >= 11 is 8.42. The molecule has 2 aliphatic carbocycles. The first-order chi connectivity index (χ1) is 27.6. The Morgan fingerprint density at radius 3 is 2.19 bits per heavy atom. The molecule has 0 saturated heterocycles. The molecule has 2 aromatic carbocycles. The number of aliphatic hydroxyl groups is 5. The number of thioether (sulfide) groups is 1. The highest BCUT2D eigenvalue weighted by molar-refractivity contribution is 7.99. The van der Waals surface area contributed by atoms with Crippen LogP contribution in [0.2, 0.25) is 5.02 Å². The van der Waals surface area contributed by atoms with Crippen molar-refractivity contribution in [1.82, 2.24) is 26.3 Å². The van der Waals surface area contributed by atoms with Crippen molar-refractivity contribution in [2.24, 2.45) is 0 Å². The molecule has 1 aromatic heterocycles. The maximum atomic E-state index is 12.1. The minimum absolute atomic E-state index is 0.243. The Bertz CT molecular complexity index is 1730. The third kappa shape index (κ3) is 14.0. The van der Waals surface area contributed by atoms with Crippen LogP contribution in [-0.4, -0.2) is 112 Å². The molecule has 0 spiro atoms. The summed E-state index contributed by atoms with van der Waals surface area (Å²) in [6, 6.07) is 15.5. The lowest BCUT2D eigenvalue weighted by Gasteiger charge is -2.25. The van der Waals surface area contributed by atoms with Crippen LogP contribution in [0.25, 0.3) is 11.1 Å². The van der Waals surface area contributed by atoms with Crippen LogP contribution in [0.4, 0.5) is 9.59 Å². The first-order valence-corrected chi connectivity index (χ1v) is 21.1. The number of hydrogen-bond acceptors (Lipinski definition) is 11. The van der Waals surface area contributed by atoms with Crippen LogP contribution < -0.4 is 26.0 Å². The second-order valence-electron chi connectivity index (χ2n) is 14.5. The number of unbranched alkanes of at least 4 members (excludes halogenated alkanes) is 3. The Kier molecular flexibility index (Phi) is 17.5. The minimum atomic E-state index is -1.76. The fourth-order valence-corrected chi connectivity index (χ4v) is 7.32. The van der Waals surface area contributed by atoms with E-state index in [0.717, 1.165) is 83.6 Å². The topological polar surface area (TPSA) is 215 Å². The van der Waals surface area contributed by atoms with Gasteiger partial charge >= 0.3 is 12.1 Å². The van der Waals surface area contributed by atoms with Crippen molar-refractivity contribution in [1.29, 1.82) is 0 Å². The average molecular weight is 830 g/mol. The normalized spacial score (nSPS) is 16.5. The summed E-state index contributed by atoms with van der Waals surface area (Å²) in [4.78, 5) is 29.6. The number of rotatable bonds is 25. The Balaban J connectivity index is 0.919. The van der Waals surface area contributed by atoms with Gasteiger partial charge in [-0.3, -0.25) is 4.98 Å². The van der Waals surface area contributed by atoms with Crippen molar-refractivity contribution in [2.75, 3.05) is 38.5 Å². The van der Waals surface area contributed by atoms with Crippen LogP contribution in [0.5, 0.6) is 5.75 Å². The fraction of sp³-hybridized carbons (Fsp3) is 0.537. The zero-order valence-corrected chi connectivity index (χ0v) is 33.6. The van der Waals surface area contributed by atoms with Crippen molar-refractivity contribution in [3.8, 4) is 16.9 Å². The number of nitrogens with zero attached hydrogens (tertiary/aromatic N) is 1. The van der Waals surface area contributed by atoms with E-state index in [1.165, 1.54) is 0 Å². The van der Waals surface area contributed by atoms with E-state index in [1.54, 1.807) is 11.8 Å². The molecule has 1 heterocycles. The lowest BCUT2D eigenvalue weighted by molar-refractivity contribution is -0.113. The molecule has 4 amide bonds. The molecule has 16 heteroatoms. The first kappa shape index (κ1) is 44.4. The second-order valence-corrected chi connectivity index (χ2v) is 16.1. The Hall–Kier alpha value is -3.67. The number of carbonyl (C=O) groups excluding carboxylic acids is 2. The molecule has 2 aliphatic rings. The van der Waals surface area contributed by atoms with Gasteiger partial charge in [-0.05, 0) is 98.6 Å². The number of ether oxygens (including phenoxy) is 2. The summed E-state index contributed by atoms with van der Waals surface area (Å²) in [7, 11) is 0. The number of aromatic nitrogens is 1. The van der Waals surface area contributed by atoms with Gasteiger partial charge in [0.15, 0.2) is 0 Å². The SMILES string of the molecule is O=C(NCCCCCSc1ccc(Cl)c(COC2(c3cnccc3-c3ccccc3OC3CC3)CC2)c1)NCCCCNC(=O)NCC(O)C(O)C(O)C(O)CO. The summed E-state index contributed by atoms with van der Waals surface area (Å²) in [5.41, 5.74) is 3.78. The molecule has 4 atom stereocenters. The fourth-order valence-electron chi connectivity index (χ4n) is 6.18. The maximum Gasteiger partial charge on any atom is 0.314 e. The number of nitrogens with one attached hydrogen (secondary N) is 4. The lowest BCUT2D eigenvalue weighted by Crippen LogP contribution is -2.50. The molecular weight excluding hydrogens is 774 g/mol. The van der Waals surface area contributed by atoms with Crippen LogP contribution >= 0.6 is 23.4 Å². The monoisotopic (exact) mass is 829 g/mol. The van der Waals surface area contributed by atoms with Crippen LogP contribution in [0.1, 0.15) is 68.9 Å². The van der Waals surface area contributed by atoms with Crippen molar-refractivity contribution in [3.05, 3.63) is 77.1 Å². The second kappa shape index (κ2) is 22.5. The largest absolute Gasteiger partial charge is 0.490 e. The summed E-state index contributed by atoms with van der Waals surface area (Å²) in [5.74, 6) is 1.84. The molecule has 5 rings (SSSR count). The van der Waals surface area contributed by atoms with E-state index in [9.17, 15) is 30.0 Å². The molecule has 57 heavy (non-hydrogen) atoms. The third-order valence-corrected chi connectivity index (χ3v) is 11.3. The van der Waals surface area contributed by atoms with Crippen LogP contribution in [0.15, 0.2) is 65.8 Å². The molecule has 0 aliphatic heterocycles. The van der Waals surface area contributed by atoms with Gasteiger partial charge in [0.25, 0.3) is 0 Å². The quantitative estimate of drug-likeness (QED) is 0.0436. The molecule has 312 valence electrons. The van der Waals surface area contributed by atoms with E-state index in [0.29, 0.717) is 50.2 Å². The molecule has 0 radical (unpaired) electrons. The van der Waals surface area contributed by atoms with Crippen molar-refractivity contribution in [2.45, 2.75) is 105 Å². The average Bonchev–Trinajstić information content (AvgIpc) is 4.18. The molecule has 14 nitrogen and oxygen atoms in total. The van der Waals surface area contributed by atoms with Crippen molar-refractivity contribution < 1.29 is 44.6 Å². The lowest BCUT2D eigenvalue weighted by atomic mass is 9.96. The number of hydrogen-bond donors (Lipinski definition) is 9. The molecule has 3 aromatic rings. The first-order valence-electron chi connectivity index (χ1n) is 19.7. The van der Waals surface area contributed by atoms with E-state index in [2.05, 4.69) is 44.5 Å². The van der Waals surface area contributed by atoms with Gasteiger partial charge in [-0.15, -0.1) is 11.8 Å². The van der Waals surface area contributed by atoms with Gasteiger partial charge in [0.2, 0.25) is 0 Å². The number of carbonyl (C=O) groups is 2. The van der Waals surface area contributed by atoms with E-state index in [1.807, 2.05) is 42.7 Å². The van der Waals surface area contributed by atoms with Gasteiger partial charge in [0.1, 0.15) is 24.1 Å². The number of urea groups is 2. The van der Waals surface area contributed by atoms with Gasteiger partial charge in [-0.1, -0.05) is 36.2 Å². The van der Waals surface area contributed by atoms with Crippen molar-refractivity contribution in [3.63, 3.8) is 0 Å². The summed E-state index contributed by atoms with van der Waals surface area (Å²) in [6.45, 7) is 0.569. The molecule has 0 bridgehead atoms. The Labute approximate surface area is 343 Å². The predicted molar refractivity (Wildman–Crippen MR) is 218 cm³/mol. The van der Waals surface area contributed by atoms with Crippen LogP contribution in [0.3, 0.4) is 0 Å². The van der Waals surface area contributed by atoms with E-state index < -0.39 is 42.7 Å².